The largest absolute Gasteiger partial charge is 0.405 e. The number of halogens is 3. The molecule has 1 aromatic rings. The van der Waals surface area contributed by atoms with E-state index in [9.17, 15) is 13.2 Å². The number of hydrogen-bond donors (Lipinski definition) is 1. The Morgan fingerprint density at radius 1 is 1.53 bits per heavy atom. The molecule has 0 spiro atoms. The van der Waals surface area contributed by atoms with Crippen LogP contribution in [0.2, 0.25) is 0 Å². The maximum Gasteiger partial charge on any atom is 0.405 e. The van der Waals surface area contributed by atoms with Crippen molar-refractivity contribution in [1.29, 1.82) is 5.26 Å². The average molecular weight is 243 g/mol. The third-order valence-corrected chi connectivity index (χ3v) is 2.36. The number of nitrogens with zero attached hydrogens (tertiary/aromatic N) is 2. The van der Waals surface area contributed by atoms with E-state index in [0.717, 1.165) is 5.56 Å². The SMILES string of the molecule is C[C@@H](NCC(C#N)C(F)(F)F)c1cccnc1. The van der Waals surface area contributed by atoms with Crippen molar-refractivity contribution in [3.05, 3.63) is 30.1 Å². The average Bonchev–Trinajstić information content (AvgIpc) is 2.29. The molecule has 0 amide bonds. The normalized spacial score (nSPS) is 15.0. The molecule has 1 rings (SSSR count). The Morgan fingerprint density at radius 3 is 2.71 bits per heavy atom. The molecule has 0 bridgehead atoms. The zero-order valence-electron chi connectivity index (χ0n) is 9.20. The minimum absolute atomic E-state index is 0.276. The molecule has 0 fully saturated rings. The van der Waals surface area contributed by atoms with Crippen molar-refractivity contribution < 1.29 is 13.2 Å². The van der Waals surface area contributed by atoms with Gasteiger partial charge in [0, 0.05) is 25.0 Å². The van der Waals surface area contributed by atoms with Gasteiger partial charge in [-0.25, -0.2) is 0 Å². The highest BCUT2D eigenvalue weighted by Gasteiger charge is 2.39. The molecule has 92 valence electrons. The van der Waals surface area contributed by atoms with Crippen LogP contribution in [0.5, 0.6) is 0 Å². The van der Waals surface area contributed by atoms with Gasteiger partial charge in [0.05, 0.1) is 6.07 Å². The van der Waals surface area contributed by atoms with E-state index in [1.54, 1.807) is 31.5 Å². The summed E-state index contributed by atoms with van der Waals surface area (Å²) in [6.07, 6.45) is -1.33. The second-order valence-corrected chi connectivity index (χ2v) is 3.64. The molecule has 3 nitrogen and oxygen atoms in total. The zero-order valence-corrected chi connectivity index (χ0v) is 9.20. The molecular weight excluding hydrogens is 231 g/mol. The molecule has 0 aliphatic carbocycles. The van der Waals surface area contributed by atoms with E-state index in [2.05, 4.69) is 10.3 Å². The van der Waals surface area contributed by atoms with Crippen LogP contribution < -0.4 is 5.32 Å². The van der Waals surface area contributed by atoms with E-state index in [1.165, 1.54) is 6.07 Å². The Labute approximate surface area is 97.3 Å². The van der Waals surface area contributed by atoms with Gasteiger partial charge in [0.15, 0.2) is 5.92 Å². The lowest BCUT2D eigenvalue weighted by molar-refractivity contribution is -0.157. The Bertz CT molecular complexity index is 383. The van der Waals surface area contributed by atoms with E-state index in [4.69, 9.17) is 5.26 Å². The van der Waals surface area contributed by atoms with E-state index < -0.39 is 18.6 Å². The minimum atomic E-state index is -4.49. The number of alkyl halides is 3. The smallest absolute Gasteiger partial charge is 0.308 e. The maximum absolute atomic E-state index is 12.3. The Morgan fingerprint density at radius 2 is 2.24 bits per heavy atom. The molecule has 0 aromatic carbocycles. The first-order chi connectivity index (χ1) is 7.95. The van der Waals surface area contributed by atoms with Gasteiger partial charge in [-0.15, -0.1) is 0 Å². The van der Waals surface area contributed by atoms with E-state index >= 15 is 0 Å². The molecule has 0 radical (unpaired) electrons. The Kier molecular flexibility index (Phi) is 4.46. The summed E-state index contributed by atoms with van der Waals surface area (Å²) >= 11 is 0. The van der Waals surface area contributed by atoms with Crippen molar-refractivity contribution in [3.8, 4) is 6.07 Å². The standard InChI is InChI=1S/C11H12F3N3/c1-8(9-3-2-4-16-6-9)17-7-10(5-15)11(12,13)14/h2-4,6,8,10,17H,7H2,1H3/t8-,10?/m1/s1. The second-order valence-electron chi connectivity index (χ2n) is 3.64. The lowest BCUT2D eigenvalue weighted by Crippen LogP contribution is -2.33. The van der Waals surface area contributed by atoms with Gasteiger partial charge in [-0.05, 0) is 18.6 Å². The van der Waals surface area contributed by atoms with Crippen LogP contribution >= 0.6 is 0 Å². The third kappa shape index (κ3) is 4.04. The fourth-order valence-electron chi connectivity index (χ4n) is 1.28. The van der Waals surface area contributed by atoms with Gasteiger partial charge < -0.3 is 5.32 Å². The van der Waals surface area contributed by atoms with Crippen LogP contribution in [0.4, 0.5) is 13.2 Å². The first-order valence-corrected chi connectivity index (χ1v) is 5.04. The summed E-state index contributed by atoms with van der Waals surface area (Å²) < 4.78 is 36.9. The molecule has 1 N–H and O–H groups in total. The van der Waals surface area contributed by atoms with E-state index in [-0.39, 0.29) is 6.04 Å². The summed E-state index contributed by atoms with van der Waals surface area (Å²) in [5, 5.41) is 11.1. The quantitative estimate of drug-likeness (QED) is 0.883. The highest BCUT2D eigenvalue weighted by molar-refractivity contribution is 5.12. The summed E-state index contributed by atoms with van der Waals surface area (Å²) in [5.41, 5.74) is 0.784. The molecule has 0 saturated heterocycles. The lowest BCUT2D eigenvalue weighted by Gasteiger charge is -2.18. The van der Waals surface area contributed by atoms with Crippen molar-refractivity contribution >= 4 is 0 Å². The van der Waals surface area contributed by atoms with Gasteiger partial charge in [0.25, 0.3) is 0 Å². The van der Waals surface area contributed by atoms with E-state index in [1.807, 2.05) is 0 Å². The van der Waals surface area contributed by atoms with Crippen LogP contribution in [0.15, 0.2) is 24.5 Å². The van der Waals surface area contributed by atoms with Crippen LogP contribution in [0.25, 0.3) is 0 Å². The molecule has 1 unspecified atom stereocenters. The summed E-state index contributed by atoms with van der Waals surface area (Å²) in [4.78, 5) is 3.87. The fourth-order valence-corrected chi connectivity index (χ4v) is 1.28. The fraction of sp³-hybridized carbons (Fsp3) is 0.455. The maximum atomic E-state index is 12.3. The monoisotopic (exact) mass is 243 g/mol. The number of hydrogen-bond acceptors (Lipinski definition) is 3. The van der Waals surface area contributed by atoms with Gasteiger partial charge >= 0.3 is 6.18 Å². The minimum Gasteiger partial charge on any atom is -0.308 e. The molecule has 0 aliphatic rings. The number of nitrogens with one attached hydrogen (secondary N) is 1. The third-order valence-electron chi connectivity index (χ3n) is 2.36. The molecule has 2 atom stereocenters. The van der Waals surface area contributed by atoms with Crippen molar-refractivity contribution in [2.45, 2.75) is 19.1 Å². The number of aromatic nitrogens is 1. The van der Waals surface area contributed by atoms with Gasteiger partial charge in [-0.1, -0.05) is 6.07 Å². The Hall–Kier alpha value is -1.61. The zero-order chi connectivity index (χ0) is 12.9. The van der Waals surface area contributed by atoms with Crippen molar-refractivity contribution in [2.24, 2.45) is 5.92 Å². The van der Waals surface area contributed by atoms with Crippen LogP contribution in [0, 0.1) is 17.2 Å². The van der Waals surface area contributed by atoms with Crippen molar-refractivity contribution in [3.63, 3.8) is 0 Å². The lowest BCUT2D eigenvalue weighted by atomic mass is 10.1. The molecule has 6 heteroatoms. The van der Waals surface area contributed by atoms with Crippen LogP contribution in [0.1, 0.15) is 18.5 Å². The number of rotatable bonds is 4. The summed E-state index contributed by atoms with van der Waals surface area (Å²) in [6.45, 7) is 1.30. The first kappa shape index (κ1) is 13.5. The molecular formula is C11H12F3N3. The molecule has 0 saturated carbocycles. The predicted octanol–water partition coefficient (Wildman–Crippen LogP) is 2.43. The van der Waals surface area contributed by atoms with Crippen LogP contribution in [0.3, 0.4) is 0 Å². The molecule has 17 heavy (non-hydrogen) atoms. The van der Waals surface area contributed by atoms with Crippen LogP contribution in [-0.2, 0) is 0 Å². The molecule has 1 heterocycles. The predicted molar refractivity (Wildman–Crippen MR) is 55.8 cm³/mol. The first-order valence-electron chi connectivity index (χ1n) is 5.04. The van der Waals surface area contributed by atoms with Gasteiger partial charge in [-0.2, -0.15) is 18.4 Å². The molecule has 0 aliphatic heterocycles. The summed E-state index contributed by atoms with van der Waals surface area (Å²) in [7, 11) is 0. The Balaban J connectivity index is 2.54. The second kappa shape index (κ2) is 5.64. The number of pyridine rings is 1. The van der Waals surface area contributed by atoms with E-state index in [0.29, 0.717) is 0 Å². The topological polar surface area (TPSA) is 48.7 Å². The van der Waals surface area contributed by atoms with Crippen LogP contribution in [-0.4, -0.2) is 17.7 Å². The molecule has 1 aromatic heterocycles. The van der Waals surface area contributed by atoms with Gasteiger partial charge in [0.1, 0.15) is 0 Å². The van der Waals surface area contributed by atoms with Crippen molar-refractivity contribution in [1.82, 2.24) is 10.3 Å². The summed E-state index contributed by atoms with van der Waals surface area (Å²) in [5.74, 6) is -1.98. The highest BCUT2D eigenvalue weighted by Crippen LogP contribution is 2.25. The van der Waals surface area contributed by atoms with Gasteiger partial charge in [0.2, 0.25) is 0 Å². The number of nitriles is 1. The summed E-state index contributed by atoms with van der Waals surface area (Å²) in [6, 6.07) is 4.44. The highest BCUT2D eigenvalue weighted by atomic mass is 19.4. The van der Waals surface area contributed by atoms with Crippen molar-refractivity contribution in [2.75, 3.05) is 6.54 Å². The van der Waals surface area contributed by atoms with Gasteiger partial charge in [-0.3, -0.25) is 4.98 Å².